The third kappa shape index (κ3) is 3.96. The topological polar surface area (TPSA) is 86.5 Å². The van der Waals surface area contributed by atoms with Gasteiger partial charge in [-0.25, -0.2) is 0 Å². The van der Waals surface area contributed by atoms with Gasteiger partial charge < -0.3 is 4.74 Å². The fourth-order valence-corrected chi connectivity index (χ4v) is 2.74. The Hall–Kier alpha value is -3.02. The van der Waals surface area contributed by atoms with Crippen molar-refractivity contribution in [3.8, 4) is 5.75 Å². The lowest BCUT2D eigenvalue weighted by molar-refractivity contribution is -0.385. The number of nitrogens with zero attached hydrogens (tertiary/aromatic N) is 1. The van der Waals surface area contributed by atoms with E-state index in [-0.39, 0.29) is 23.9 Å². The lowest BCUT2D eigenvalue weighted by Crippen LogP contribution is -2.20. The smallest absolute Gasteiger partial charge is 0.272 e. The third-order valence-electron chi connectivity index (χ3n) is 4.51. The van der Waals surface area contributed by atoms with Crippen molar-refractivity contribution in [2.45, 2.75) is 34.1 Å². The van der Waals surface area contributed by atoms with Crippen molar-refractivity contribution in [3.05, 3.63) is 68.3 Å². The number of nitro groups is 1. The van der Waals surface area contributed by atoms with Gasteiger partial charge in [-0.3, -0.25) is 19.7 Å². The van der Waals surface area contributed by atoms with Crippen molar-refractivity contribution in [1.82, 2.24) is 0 Å². The van der Waals surface area contributed by atoms with E-state index in [1.807, 2.05) is 0 Å². The number of nitro benzene ring substituents is 1. The maximum atomic E-state index is 12.3. The molecule has 1 aliphatic rings. The molecule has 0 unspecified atom stereocenters. The summed E-state index contributed by atoms with van der Waals surface area (Å²) in [7, 11) is 0. The molecule has 0 radical (unpaired) electrons. The molecule has 1 aliphatic carbocycles. The Balaban J connectivity index is 1.96. The maximum absolute atomic E-state index is 12.3. The average molecular weight is 355 g/mol. The lowest BCUT2D eigenvalue weighted by atomic mass is 9.84. The molecule has 0 N–H and O–H groups in total. The van der Waals surface area contributed by atoms with Gasteiger partial charge in [-0.05, 0) is 46.2 Å². The van der Waals surface area contributed by atoms with Crippen LogP contribution in [0.4, 0.5) is 5.69 Å². The number of rotatable bonds is 6. The number of allylic oxidation sites excluding steroid dienone is 5. The molecular weight excluding hydrogens is 334 g/mol. The number of ketones is 2. The van der Waals surface area contributed by atoms with Crippen LogP contribution in [0.5, 0.6) is 5.75 Å². The number of benzene rings is 1. The Morgan fingerprint density at radius 3 is 2.27 bits per heavy atom. The quantitative estimate of drug-likeness (QED) is 0.333. The van der Waals surface area contributed by atoms with Gasteiger partial charge in [-0.1, -0.05) is 12.2 Å². The molecule has 0 saturated heterocycles. The fraction of sp³-hybridized carbons (Fsp3) is 0.300. The normalized spacial score (nSPS) is 15.2. The number of Topliss-reactive ketones (excluding diaryl/α,β-unsaturated/α-hetero) is 2. The van der Waals surface area contributed by atoms with E-state index >= 15 is 0 Å². The number of hydrogen-bond acceptors (Lipinski definition) is 5. The zero-order chi connectivity index (χ0) is 19.4. The molecule has 6 heteroatoms. The molecule has 0 bridgehead atoms. The summed E-state index contributed by atoms with van der Waals surface area (Å²) in [4.78, 5) is 34.8. The summed E-state index contributed by atoms with van der Waals surface area (Å²) in [6.45, 7) is 6.94. The highest BCUT2D eigenvalue weighted by atomic mass is 16.6. The first-order valence-corrected chi connectivity index (χ1v) is 8.23. The standard InChI is InChI=1S/C20H21NO5/c1-12-11-16(8-9-18(12)21(24)25)26-10-6-5-7-17-15(4)19(22)13(2)14(3)20(17)23/h5-6,8-9,11H,7,10H2,1-4H3. The van der Waals surface area contributed by atoms with Gasteiger partial charge >= 0.3 is 0 Å². The van der Waals surface area contributed by atoms with E-state index in [4.69, 9.17) is 4.74 Å². The minimum absolute atomic E-state index is 0.0505. The lowest BCUT2D eigenvalue weighted by Gasteiger charge is -2.17. The molecule has 0 amide bonds. The average Bonchev–Trinajstić information content (AvgIpc) is 2.60. The van der Waals surface area contributed by atoms with Crippen LogP contribution in [-0.4, -0.2) is 23.1 Å². The first kappa shape index (κ1) is 19.3. The molecule has 0 heterocycles. The van der Waals surface area contributed by atoms with Crippen LogP contribution in [0, 0.1) is 17.0 Å². The molecule has 26 heavy (non-hydrogen) atoms. The van der Waals surface area contributed by atoms with Crippen molar-refractivity contribution in [2.24, 2.45) is 0 Å². The molecule has 0 fully saturated rings. The van der Waals surface area contributed by atoms with Crippen LogP contribution < -0.4 is 4.74 Å². The fourth-order valence-electron chi connectivity index (χ4n) is 2.74. The van der Waals surface area contributed by atoms with Gasteiger partial charge in [0.2, 0.25) is 0 Å². The van der Waals surface area contributed by atoms with Crippen LogP contribution in [0.3, 0.4) is 0 Å². The minimum Gasteiger partial charge on any atom is -0.490 e. The van der Waals surface area contributed by atoms with Crippen LogP contribution in [0.25, 0.3) is 0 Å². The van der Waals surface area contributed by atoms with E-state index < -0.39 is 4.92 Å². The number of carbonyl (C=O) groups is 2. The maximum Gasteiger partial charge on any atom is 0.272 e. The van der Waals surface area contributed by atoms with Gasteiger partial charge in [0.25, 0.3) is 5.69 Å². The monoisotopic (exact) mass is 355 g/mol. The molecule has 0 aromatic heterocycles. The second-order valence-electron chi connectivity index (χ2n) is 6.20. The number of carbonyl (C=O) groups excluding carboxylic acids is 2. The van der Waals surface area contributed by atoms with Crippen molar-refractivity contribution in [1.29, 1.82) is 0 Å². The molecular formula is C20H21NO5. The Kier molecular flexibility index (Phi) is 5.87. The highest BCUT2D eigenvalue weighted by molar-refractivity contribution is 6.24. The number of hydrogen-bond donors (Lipinski definition) is 0. The molecule has 0 aliphatic heterocycles. The zero-order valence-electron chi connectivity index (χ0n) is 15.3. The van der Waals surface area contributed by atoms with Crippen molar-refractivity contribution >= 4 is 17.3 Å². The Bertz CT molecular complexity index is 874. The largest absolute Gasteiger partial charge is 0.490 e. The second kappa shape index (κ2) is 7.91. The van der Waals surface area contributed by atoms with Gasteiger partial charge in [0.15, 0.2) is 11.6 Å². The predicted molar refractivity (Wildman–Crippen MR) is 98.2 cm³/mol. The molecule has 1 aromatic rings. The van der Waals surface area contributed by atoms with Crippen LogP contribution in [0.2, 0.25) is 0 Å². The summed E-state index contributed by atoms with van der Waals surface area (Å²) in [5, 5.41) is 10.8. The number of ether oxygens (including phenoxy) is 1. The predicted octanol–water partition coefficient (Wildman–Crippen LogP) is 4.03. The van der Waals surface area contributed by atoms with Gasteiger partial charge in [-0.15, -0.1) is 0 Å². The summed E-state index contributed by atoms with van der Waals surface area (Å²) in [5.41, 5.74) is 2.60. The van der Waals surface area contributed by atoms with Crippen molar-refractivity contribution in [3.63, 3.8) is 0 Å². The van der Waals surface area contributed by atoms with Gasteiger partial charge in [0.05, 0.1) is 4.92 Å². The Labute approximate surface area is 152 Å². The van der Waals surface area contributed by atoms with E-state index in [1.54, 1.807) is 52.0 Å². The van der Waals surface area contributed by atoms with E-state index in [2.05, 4.69) is 0 Å². The van der Waals surface area contributed by atoms with Gasteiger partial charge in [-0.2, -0.15) is 0 Å². The van der Waals surface area contributed by atoms with E-state index in [0.717, 1.165) is 0 Å². The molecule has 6 nitrogen and oxygen atoms in total. The summed E-state index contributed by atoms with van der Waals surface area (Å²) < 4.78 is 5.54. The first-order chi connectivity index (χ1) is 12.2. The van der Waals surface area contributed by atoms with E-state index in [1.165, 1.54) is 6.07 Å². The minimum atomic E-state index is -0.435. The second-order valence-corrected chi connectivity index (χ2v) is 6.20. The zero-order valence-corrected chi connectivity index (χ0v) is 15.3. The Morgan fingerprint density at radius 2 is 1.65 bits per heavy atom. The molecule has 0 saturated carbocycles. The highest BCUT2D eigenvalue weighted by Crippen LogP contribution is 2.26. The summed E-state index contributed by atoms with van der Waals surface area (Å²) in [5.74, 6) is 0.366. The van der Waals surface area contributed by atoms with Crippen molar-refractivity contribution < 1.29 is 19.2 Å². The van der Waals surface area contributed by atoms with E-state index in [0.29, 0.717) is 40.0 Å². The molecule has 2 rings (SSSR count). The molecule has 1 aromatic carbocycles. The summed E-state index contributed by atoms with van der Waals surface area (Å²) in [6.07, 6.45) is 3.91. The molecule has 0 atom stereocenters. The van der Waals surface area contributed by atoms with Gasteiger partial charge in [0, 0.05) is 33.9 Å². The van der Waals surface area contributed by atoms with Crippen LogP contribution in [0.15, 0.2) is 52.6 Å². The molecule has 0 spiro atoms. The van der Waals surface area contributed by atoms with Gasteiger partial charge in [0.1, 0.15) is 12.4 Å². The van der Waals surface area contributed by atoms with Crippen molar-refractivity contribution in [2.75, 3.05) is 6.61 Å². The van der Waals surface area contributed by atoms with E-state index in [9.17, 15) is 19.7 Å². The Morgan fingerprint density at radius 1 is 1.00 bits per heavy atom. The summed E-state index contributed by atoms with van der Waals surface area (Å²) in [6, 6.07) is 4.57. The van der Waals surface area contributed by atoms with Crippen LogP contribution in [0.1, 0.15) is 32.8 Å². The van der Waals surface area contributed by atoms with Crippen LogP contribution in [-0.2, 0) is 9.59 Å². The third-order valence-corrected chi connectivity index (χ3v) is 4.51. The SMILES string of the molecule is CC1=C(C)C(=O)C(CC=CCOc2ccc([N+](=O)[O-])c(C)c2)=C(C)C1=O. The first-order valence-electron chi connectivity index (χ1n) is 8.23. The molecule has 136 valence electrons. The van der Waals surface area contributed by atoms with Crippen LogP contribution >= 0.6 is 0 Å². The summed E-state index contributed by atoms with van der Waals surface area (Å²) >= 11 is 0. The number of aryl methyl sites for hydroxylation is 1. The highest BCUT2D eigenvalue weighted by Gasteiger charge is 2.26.